The molecule has 4 aliphatic heterocycles. The molecule has 4 fully saturated rings. The van der Waals surface area contributed by atoms with Crippen LogP contribution in [0.1, 0.15) is 44.4 Å². The maximum atomic E-state index is 6.76. The Hall–Kier alpha value is -3.00. The van der Waals surface area contributed by atoms with E-state index < -0.39 is 48.4 Å². The summed E-state index contributed by atoms with van der Waals surface area (Å²) in [6, 6.07) is 30.2. The Morgan fingerprint density at radius 3 is 1.61 bits per heavy atom. The molecule has 10 atom stereocenters. The molecule has 4 saturated heterocycles. The van der Waals surface area contributed by atoms with Gasteiger partial charge in [0.05, 0.1) is 26.4 Å². The second-order valence-corrected chi connectivity index (χ2v) is 14.4. The lowest BCUT2D eigenvalue weighted by Crippen LogP contribution is -2.60. The largest absolute Gasteiger partial charge is 0.368 e. The molecule has 0 unspecified atom stereocenters. The van der Waals surface area contributed by atoms with Gasteiger partial charge in [-0.1, -0.05) is 103 Å². The van der Waals surface area contributed by atoms with E-state index in [1.165, 1.54) is 0 Å². The van der Waals surface area contributed by atoms with E-state index in [4.69, 9.17) is 47.4 Å². The molecule has 0 saturated carbocycles. The maximum Gasteiger partial charge on any atom is 0.186 e. The second-order valence-electron chi connectivity index (χ2n) is 14.4. The van der Waals surface area contributed by atoms with Crippen LogP contribution >= 0.6 is 0 Å². The molecule has 4 heterocycles. The molecule has 0 spiro atoms. The van der Waals surface area contributed by atoms with Gasteiger partial charge >= 0.3 is 0 Å². The molecule has 0 N–H and O–H groups in total. The van der Waals surface area contributed by atoms with Crippen LogP contribution in [0, 0.1) is 0 Å². The highest BCUT2D eigenvalue weighted by Crippen LogP contribution is 2.43. The SMILES string of the molecule is CO[C@H]1O[C@H](/C=C/[C@H]2O[C@H]([C@H]3COC(C)(C)O3)[C@@H]3OC(C)(C)O[C@@H]32)[C@@H](OCc2ccccc2)[C@H](OCc2ccccc2)[C@H]1OCc1ccccc1. The first-order valence-corrected chi connectivity index (χ1v) is 17.8. The van der Waals surface area contributed by atoms with Gasteiger partial charge in [-0.05, 0) is 44.4 Å². The minimum Gasteiger partial charge on any atom is -0.368 e. The van der Waals surface area contributed by atoms with Gasteiger partial charge in [0.25, 0.3) is 0 Å². The summed E-state index contributed by atoms with van der Waals surface area (Å²) in [5.41, 5.74) is 3.09. The molecule has 0 amide bonds. The van der Waals surface area contributed by atoms with Crippen LogP contribution in [0.5, 0.6) is 0 Å². The number of methoxy groups -OCH3 is 1. The molecule has 10 heteroatoms. The minimum atomic E-state index is -0.776. The fraction of sp³-hybridized carbons (Fsp3) is 0.512. The maximum absolute atomic E-state index is 6.76. The van der Waals surface area contributed by atoms with E-state index in [0.717, 1.165) is 16.7 Å². The predicted octanol–water partition coefficient (Wildman–Crippen LogP) is 6.11. The highest BCUT2D eigenvalue weighted by atomic mass is 16.8. The molecule has 7 rings (SSSR count). The van der Waals surface area contributed by atoms with Crippen LogP contribution < -0.4 is 0 Å². The van der Waals surface area contributed by atoms with E-state index in [1.807, 2.05) is 131 Å². The molecular weight excluding hydrogens is 652 g/mol. The number of hydrogen-bond donors (Lipinski definition) is 0. The van der Waals surface area contributed by atoms with Crippen LogP contribution in [-0.2, 0) is 67.2 Å². The Morgan fingerprint density at radius 2 is 1.08 bits per heavy atom. The zero-order chi connectivity index (χ0) is 35.4. The van der Waals surface area contributed by atoms with E-state index in [2.05, 4.69) is 0 Å². The third-order valence-electron chi connectivity index (χ3n) is 9.63. The highest BCUT2D eigenvalue weighted by Gasteiger charge is 2.58. The Morgan fingerprint density at radius 1 is 0.569 bits per heavy atom. The number of fused-ring (bicyclic) bond motifs is 1. The molecule has 3 aromatic carbocycles. The number of rotatable bonds is 13. The summed E-state index contributed by atoms with van der Waals surface area (Å²) in [5.74, 6) is -1.48. The summed E-state index contributed by atoms with van der Waals surface area (Å²) < 4.78 is 64.2. The van der Waals surface area contributed by atoms with Crippen LogP contribution in [-0.4, -0.2) is 86.5 Å². The Kier molecular flexibility index (Phi) is 11.4. The van der Waals surface area contributed by atoms with Crippen molar-refractivity contribution in [1.82, 2.24) is 0 Å². The van der Waals surface area contributed by atoms with E-state index in [1.54, 1.807) is 7.11 Å². The molecule has 274 valence electrons. The van der Waals surface area contributed by atoms with Gasteiger partial charge in [-0.25, -0.2) is 0 Å². The molecule has 3 aromatic rings. The first-order valence-electron chi connectivity index (χ1n) is 17.8. The molecule has 0 radical (unpaired) electrons. The van der Waals surface area contributed by atoms with E-state index >= 15 is 0 Å². The molecule has 10 nitrogen and oxygen atoms in total. The highest BCUT2D eigenvalue weighted by molar-refractivity contribution is 5.17. The van der Waals surface area contributed by atoms with Crippen molar-refractivity contribution in [2.75, 3.05) is 13.7 Å². The predicted molar refractivity (Wildman–Crippen MR) is 187 cm³/mol. The van der Waals surface area contributed by atoms with Gasteiger partial charge < -0.3 is 47.4 Å². The van der Waals surface area contributed by atoms with Crippen LogP contribution in [0.25, 0.3) is 0 Å². The molecule has 0 bridgehead atoms. The number of hydrogen-bond acceptors (Lipinski definition) is 10. The quantitative estimate of drug-likeness (QED) is 0.195. The fourth-order valence-corrected chi connectivity index (χ4v) is 7.25. The molecule has 0 aromatic heterocycles. The van der Waals surface area contributed by atoms with Gasteiger partial charge in [-0.3, -0.25) is 0 Å². The third kappa shape index (κ3) is 8.80. The second kappa shape index (κ2) is 15.9. The average molecular weight is 703 g/mol. The standard InChI is InChI=1S/C41H50O10/c1-40(2)46-26-32(49-40)34-37-35(50-41(3,4)51-37)31(47-34)22-21-30-33(43-23-27-15-9-6-10-16-27)36(44-24-28-17-11-7-12-18-28)38(39(42-5)48-30)45-25-29-19-13-8-14-20-29/h6-22,30-39H,23-26H2,1-5H3/b22-21+/t30-,31-,32-,33-,34-,35-,36+,37+,38-,39+/m1/s1. The summed E-state index contributed by atoms with van der Waals surface area (Å²) >= 11 is 0. The summed E-state index contributed by atoms with van der Waals surface area (Å²) in [6.07, 6.45) is -0.920. The van der Waals surface area contributed by atoms with Crippen LogP contribution in [0.15, 0.2) is 103 Å². The molecule has 0 aliphatic carbocycles. The van der Waals surface area contributed by atoms with Crippen LogP contribution in [0.4, 0.5) is 0 Å². The number of benzene rings is 3. The van der Waals surface area contributed by atoms with Gasteiger partial charge in [-0.2, -0.15) is 0 Å². The van der Waals surface area contributed by atoms with Crippen molar-refractivity contribution < 1.29 is 47.4 Å². The fourth-order valence-electron chi connectivity index (χ4n) is 7.25. The van der Waals surface area contributed by atoms with Crippen molar-refractivity contribution in [3.8, 4) is 0 Å². The average Bonchev–Trinajstić information content (AvgIpc) is 3.78. The molecule has 4 aliphatic rings. The lowest BCUT2D eigenvalue weighted by Gasteiger charge is -2.45. The zero-order valence-electron chi connectivity index (χ0n) is 30.0. The molecule has 51 heavy (non-hydrogen) atoms. The Bertz CT molecular complexity index is 1550. The van der Waals surface area contributed by atoms with Crippen molar-refractivity contribution in [1.29, 1.82) is 0 Å². The smallest absolute Gasteiger partial charge is 0.186 e. The van der Waals surface area contributed by atoms with E-state index in [0.29, 0.717) is 26.4 Å². The van der Waals surface area contributed by atoms with E-state index in [9.17, 15) is 0 Å². The monoisotopic (exact) mass is 702 g/mol. The van der Waals surface area contributed by atoms with Gasteiger partial charge in [0, 0.05) is 7.11 Å². The van der Waals surface area contributed by atoms with Crippen LogP contribution in [0.2, 0.25) is 0 Å². The van der Waals surface area contributed by atoms with Gasteiger partial charge in [0.1, 0.15) is 54.9 Å². The minimum absolute atomic E-state index is 0.299. The number of ether oxygens (including phenoxy) is 10. The topological polar surface area (TPSA) is 92.3 Å². The molecular formula is C41H50O10. The lowest BCUT2D eigenvalue weighted by molar-refractivity contribution is -0.309. The van der Waals surface area contributed by atoms with Gasteiger partial charge in [0.15, 0.2) is 17.9 Å². The van der Waals surface area contributed by atoms with Crippen LogP contribution in [0.3, 0.4) is 0 Å². The van der Waals surface area contributed by atoms with Crippen molar-refractivity contribution in [2.24, 2.45) is 0 Å². The van der Waals surface area contributed by atoms with Crippen molar-refractivity contribution in [2.45, 2.75) is 120 Å². The Balaban J connectivity index is 1.17. The normalized spacial score (nSPS) is 34.2. The van der Waals surface area contributed by atoms with E-state index in [-0.39, 0.29) is 24.4 Å². The van der Waals surface area contributed by atoms with Crippen molar-refractivity contribution >= 4 is 0 Å². The van der Waals surface area contributed by atoms with Gasteiger partial charge in [-0.15, -0.1) is 0 Å². The summed E-state index contributed by atoms with van der Waals surface area (Å²) in [4.78, 5) is 0. The van der Waals surface area contributed by atoms with Crippen molar-refractivity contribution in [3.05, 3.63) is 120 Å². The van der Waals surface area contributed by atoms with Gasteiger partial charge in [0.2, 0.25) is 0 Å². The summed E-state index contributed by atoms with van der Waals surface area (Å²) in [7, 11) is 1.62. The first-order chi connectivity index (χ1) is 24.7. The van der Waals surface area contributed by atoms with Crippen molar-refractivity contribution in [3.63, 3.8) is 0 Å². The first kappa shape index (κ1) is 36.4. The summed E-state index contributed by atoms with van der Waals surface area (Å²) in [6.45, 7) is 9.11. The lowest BCUT2D eigenvalue weighted by atomic mass is 9.96. The Labute approximate surface area is 300 Å². The zero-order valence-corrected chi connectivity index (χ0v) is 30.0. The summed E-state index contributed by atoms with van der Waals surface area (Å²) in [5, 5.41) is 0. The third-order valence-corrected chi connectivity index (χ3v) is 9.63.